The number of aromatic nitrogens is 2. The van der Waals surface area contributed by atoms with Gasteiger partial charge in [0.05, 0.1) is 11.7 Å². The second-order valence-corrected chi connectivity index (χ2v) is 6.10. The molecule has 0 unspecified atom stereocenters. The van der Waals surface area contributed by atoms with Crippen molar-refractivity contribution in [2.45, 2.75) is 32.1 Å². The fourth-order valence-electron chi connectivity index (χ4n) is 2.85. The van der Waals surface area contributed by atoms with E-state index in [2.05, 4.69) is 14.7 Å². The molecule has 0 aliphatic carbocycles. The number of rotatable bonds is 8. The van der Waals surface area contributed by atoms with E-state index in [4.69, 9.17) is 0 Å². The molecule has 0 saturated heterocycles. The Hall–Kier alpha value is -2.69. The number of hydrogen-bond donors (Lipinski definition) is 1. The van der Waals surface area contributed by atoms with Gasteiger partial charge in [-0.3, -0.25) is 4.79 Å². The number of nitrogens with one attached hydrogen (secondary N) is 1. The molecular weight excluding hydrogens is 317 g/mol. The van der Waals surface area contributed by atoms with Crippen LogP contribution in [-0.4, -0.2) is 21.8 Å². The van der Waals surface area contributed by atoms with Crippen LogP contribution >= 0.6 is 0 Å². The fraction of sp³-hybridized carbons (Fsp3) is 0.300. The molecule has 0 atom stereocenters. The molecule has 0 aliphatic rings. The van der Waals surface area contributed by atoms with Gasteiger partial charge in [-0.2, -0.15) is 0 Å². The van der Waals surface area contributed by atoms with E-state index < -0.39 is 0 Å². The molecule has 1 amide bonds. The standard InChI is InChI=1S/C20H22FN3O/c21-17-11-9-16(10-12-17)5-3-8-20(25)22-13-4-7-19-23-15-18-6-1-2-14-24(18)19/h1-2,6,9-12,14-15H,3-5,7-8,13H2,(H,22,25). The van der Waals surface area contributed by atoms with Crippen molar-refractivity contribution in [2.24, 2.45) is 0 Å². The second-order valence-electron chi connectivity index (χ2n) is 6.10. The molecule has 1 N–H and O–H groups in total. The molecule has 3 aromatic rings. The van der Waals surface area contributed by atoms with Gasteiger partial charge in [0.25, 0.3) is 0 Å². The number of benzene rings is 1. The SMILES string of the molecule is O=C(CCCc1ccc(F)cc1)NCCCc1ncc2ccccn12. The average molecular weight is 339 g/mol. The molecule has 5 heteroatoms. The molecule has 0 aliphatic heterocycles. The highest BCUT2D eigenvalue weighted by atomic mass is 19.1. The number of fused-ring (bicyclic) bond motifs is 1. The largest absolute Gasteiger partial charge is 0.356 e. The third kappa shape index (κ3) is 4.89. The van der Waals surface area contributed by atoms with Crippen molar-refractivity contribution in [3.8, 4) is 0 Å². The first-order valence-corrected chi connectivity index (χ1v) is 8.64. The molecule has 0 spiro atoms. The summed E-state index contributed by atoms with van der Waals surface area (Å²) < 4.78 is 14.9. The molecule has 2 heterocycles. The summed E-state index contributed by atoms with van der Waals surface area (Å²) in [5, 5.41) is 2.95. The maximum Gasteiger partial charge on any atom is 0.220 e. The predicted octanol–water partition coefficient (Wildman–Crippen LogP) is 3.55. The Morgan fingerprint density at radius 2 is 1.92 bits per heavy atom. The second kappa shape index (κ2) is 8.42. The van der Waals surface area contributed by atoms with Crippen molar-refractivity contribution in [1.29, 1.82) is 0 Å². The summed E-state index contributed by atoms with van der Waals surface area (Å²) in [6.07, 6.45) is 7.60. The highest BCUT2D eigenvalue weighted by Crippen LogP contribution is 2.08. The van der Waals surface area contributed by atoms with E-state index >= 15 is 0 Å². The van der Waals surface area contributed by atoms with Crippen molar-refractivity contribution in [3.63, 3.8) is 0 Å². The quantitative estimate of drug-likeness (QED) is 0.638. The van der Waals surface area contributed by atoms with Crippen LogP contribution in [0.15, 0.2) is 54.9 Å². The molecule has 1 aromatic carbocycles. The van der Waals surface area contributed by atoms with E-state index in [9.17, 15) is 9.18 Å². The number of pyridine rings is 1. The zero-order chi connectivity index (χ0) is 17.5. The number of amides is 1. The molecule has 0 bridgehead atoms. The number of carbonyl (C=O) groups excluding carboxylic acids is 1. The zero-order valence-corrected chi connectivity index (χ0v) is 14.1. The van der Waals surface area contributed by atoms with Crippen LogP contribution in [0.2, 0.25) is 0 Å². The number of imidazole rings is 1. The minimum Gasteiger partial charge on any atom is -0.356 e. The number of carbonyl (C=O) groups is 1. The maximum absolute atomic E-state index is 12.8. The summed E-state index contributed by atoms with van der Waals surface area (Å²) in [6.45, 7) is 0.650. The van der Waals surface area contributed by atoms with E-state index in [0.717, 1.165) is 42.6 Å². The van der Waals surface area contributed by atoms with Gasteiger partial charge in [0.1, 0.15) is 11.6 Å². The number of halogens is 1. The molecule has 4 nitrogen and oxygen atoms in total. The summed E-state index contributed by atoms with van der Waals surface area (Å²) in [5.41, 5.74) is 2.14. The van der Waals surface area contributed by atoms with E-state index in [1.165, 1.54) is 12.1 Å². The Morgan fingerprint density at radius 1 is 1.08 bits per heavy atom. The lowest BCUT2D eigenvalue weighted by molar-refractivity contribution is -0.121. The molecule has 25 heavy (non-hydrogen) atoms. The van der Waals surface area contributed by atoms with Gasteiger partial charge >= 0.3 is 0 Å². The van der Waals surface area contributed by atoms with Crippen LogP contribution in [0.4, 0.5) is 4.39 Å². The van der Waals surface area contributed by atoms with Crippen LogP contribution in [0.25, 0.3) is 5.52 Å². The number of hydrogen-bond acceptors (Lipinski definition) is 2. The highest BCUT2D eigenvalue weighted by molar-refractivity contribution is 5.75. The first-order valence-electron chi connectivity index (χ1n) is 8.64. The van der Waals surface area contributed by atoms with Crippen LogP contribution in [0.3, 0.4) is 0 Å². The van der Waals surface area contributed by atoms with Gasteiger partial charge in [0, 0.05) is 25.6 Å². The van der Waals surface area contributed by atoms with Crippen LogP contribution in [0.5, 0.6) is 0 Å². The van der Waals surface area contributed by atoms with Gasteiger partial charge in [0.2, 0.25) is 5.91 Å². The van der Waals surface area contributed by atoms with Crippen molar-refractivity contribution in [3.05, 3.63) is 72.1 Å². The van der Waals surface area contributed by atoms with Crippen LogP contribution < -0.4 is 5.32 Å². The van der Waals surface area contributed by atoms with Crippen molar-refractivity contribution >= 4 is 11.4 Å². The molecule has 3 rings (SSSR count). The van der Waals surface area contributed by atoms with E-state index in [1.54, 1.807) is 12.1 Å². The fourth-order valence-corrected chi connectivity index (χ4v) is 2.85. The normalized spacial score (nSPS) is 10.9. The summed E-state index contributed by atoms with van der Waals surface area (Å²) >= 11 is 0. The van der Waals surface area contributed by atoms with Gasteiger partial charge in [-0.15, -0.1) is 0 Å². The number of nitrogens with zero attached hydrogens (tertiary/aromatic N) is 2. The lowest BCUT2D eigenvalue weighted by Crippen LogP contribution is -2.24. The Labute approximate surface area is 146 Å². The summed E-state index contributed by atoms with van der Waals surface area (Å²) in [6, 6.07) is 12.4. The summed E-state index contributed by atoms with van der Waals surface area (Å²) in [4.78, 5) is 16.3. The molecule has 0 fully saturated rings. The van der Waals surface area contributed by atoms with Crippen molar-refractivity contribution in [2.75, 3.05) is 6.54 Å². The minimum atomic E-state index is -0.230. The van der Waals surface area contributed by atoms with Gasteiger partial charge in [-0.05, 0) is 49.1 Å². The Morgan fingerprint density at radius 3 is 2.76 bits per heavy atom. The van der Waals surface area contributed by atoms with Gasteiger partial charge < -0.3 is 9.72 Å². The topological polar surface area (TPSA) is 46.4 Å². The van der Waals surface area contributed by atoms with E-state index in [0.29, 0.717) is 13.0 Å². The summed E-state index contributed by atoms with van der Waals surface area (Å²) in [5.74, 6) is 0.850. The van der Waals surface area contributed by atoms with Crippen LogP contribution in [0.1, 0.15) is 30.7 Å². The highest BCUT2D eigenvalue weighted by Gasteiger charge is 2.04. The number of aryl methyl sites for hydroxylation is 2. The predicted molar refractivity (Wildman–Crippen MR) is 95.9 cm³/mol. The lowest BCUT2D eigenvalue weighted by atomic mass is 10.1. The Balaban J connectivity index is 1.33. The van der Waals surface area contributed by atoms with E-state index in [-0.39, 0.29) is 11.7 Å². The third-order valence-electron chi connectivity index (χ3n) is 4.20. The molecule has 130 valence electrons. The first kappa shape index (κ1) is 17.1. The Kier molecular flexibility index (Phi) is 5.77. The van der Waals surface area contributed by atoms with Gasteiger partial charge in [-0.25, -0.2) is 9.37 Å². The first-order chi connectivity index (χ1) is 12.2. The van der Waals surface area contributed by atoms with E-state index in [1.807, 2.05) is 30.6 Å². The van der Waals surface area contributed by atoms with Gasteiger partial charge in [0.15, 0.2) is 0 Å². The molecule has 0 radical (unpaired) electrons. The zero-order valence-electron chi connectivity index (χ0n) is 14.1. The van der Waals surface area contributed by atoms with Crippen LogP contribution in [-0.2, 0) is 17.6 Å². The smallest absolute Gasteiger partial charge is 0.220 e. The molecular formula is C20H22FN3O. The lowest BCUT2D eigenvalue weighted by Gasteiger charge is -2.06. The Bertz CT molecular complexity index is 826. The average Bonchev–Trinajstić information content (AvgIpc) is 3.04. The van der Waals surface area contributed by atoms with Gasteiger partial charge in [-0.1, -0.05) is 18.2 Å². The monoisotopic (exact) mass is 339 g/mol. The summed E-state index contributed by atoms with van der Waals surface area (Å²) in [7, 11) is 0. The molecule has 2 aromatic heterocycles. The maximum atomic E-state index is 12.8. The van der Waals surface area contributed by atoms with Crippen LogP contribution in [0, 0.1) is 5.82 Å². The van der Waals surface area contributed by atoms with Crippen molar-refractivity contribution in [1.82, 2.24) is 14.7 Å². The molecule has 0 saturated carbocycles. The minimum absolute atomic E-state index is 0.0649. The third-order valence-corrected chi connectivity index (χ3v) is 4.20. The van der Waals surface area contributed by atoms with Crippen molar-refractivity contribution < 1.29 is 9.18 Å².